The maximum atomic E-state index is 5.62. The Labute approximate surface area is 91.9 Å². The van der Waals surface area contributed by atoms with E-state index in [9.17, 15) is 0 Å². The van der Waals surface area contributed by atoms with Crippen LogP contribution >= 0.6 is 0 Å². The molecule has 1 rings (SSSR count). The molecule has 1 aromatic rings. The zero-order valence-electron chi connectivity index (χ0n) is 9.95. The van der Waals surface area contributed by atoms with Gasteiger partial charge in [-0.15, -0.1) is 0 Å². The monoisotopic (exact) mass is 208 g/mol. The smallest absolute Gasteiger partial charge is 0.0664 e. The highest BCUT2D eigenvalue weighted by Gasteiger charge is 2.12. The summed E-state index contributed by atoms with van der Waals surface area (Å²) in [4.78, 5) is 4.09. The molecule has 0 spiro atoms. The maximum Gasteiger partial charge on any atom is 0.0664 e. The van der Waals surface area contributed by atoms with E-state index < -0.39 is 0 Å². The minimum atomic E-state index is 0.246. The number of pyridine rings is 1. The van der Waals surface area contributed by atoms with Crippen LogP contribution in [-0.4, -0.2) is 24.7 Å². The van der Waals surface area contributed by atoms with Gasteiger partial charge in [0.1, 0.15) is 0 Å². The van der Waals surface area contributed by atoms with Crippen molar-refractivity contribution in [1.29, 1.82) is 0 Å². The molecule has 1 atom stereocenters. The van der Waals surface area contributed by atoms with Crippen molar-refractivity contribution < 1.29 is 4.74 Å². The first-order valence-electron chi connectivity index (χ1n) is 5.34. The summed E-state index contributed by atoms with van der Waals surface area (Å²) in [6.07, 6.45) is 3.97. The van der Waals surface area contributed by atoms with E-state index in [0.717, 1.165) is 0 Å². The Hall–Kier alpha value is -0.930. The molecular formula is C12H20N2O. The van der Waals surface area contributed by atoms with E-state index in [1.165, 1.54) is 11.1 Å². The Kier molecular flexibility index (Phi) is 4.72. The number of nitrogens with one attached hydrogen (secondary N) is 1. The van der Waals surface area contributed by atoms with Crippen molar-refractivity contribution in [2.24, 2.45) is 0 Å². The van der Waals surface area contributed by atoms with E-state index in [0.29, 0.717) is 6.61 Å². The normalized spacial score (nSPS) is 13.1. The van der Waals surface area contributed by atoms with Crippen molar-refractivity contribution in [1.82, 2.24) is 10.3 Å². The number of hydrogen-bond donors (Lipinski definition) is 1. The standard InChI is InChI=1S/C12H20N2O/c1-9(2)15-8-12(13-4)11-5-6-14-7-10(11)3/h5-7,9,12-13H,8H2,1-4H3. The SMILES string of the molecule is CNC(COC(C)C)c1ccncc1C. The first-order chi connectivity index (χ1) is 7.15. The number of nitrogens with zero attached hydrogens (tertiary/aromatic N) is 1. The van der Waals surface area contributed by atoms with Crippen molar-refractivity contribution >= 4 is 0 Å². The van der Waals surface area contributed by atoms with Crippen LogP contribution in [0.5, 0.6) is 0 Å². The fraction of sp³-hybridized carbons (Fsp3) is 0.583. The van der Waals surface area contributed by atoms with E-state index in [-0.39, 0.29) is 12.1 Å². The second kappa shape index (κ2) is 5.83. The van der Waals surface area contributed by atoms with E-state index >= 15 is 0 Å². The molecule has 0 saturated heterocycles. The van der Waals surface area contributed by atoms with Crippen LogP contribution in [0.4, 0.5) is 0 Å². The predicted molar refractivity (Wildman–Crippen MR) is 61.9 cm³/mol. The van der Waals surface area contributed by atoms with Crippen molar-refractivity contribution in [2.75, 3.05) is 13.7 Å². The van der Waals surface area contributed by atoms with Crippen LogP contribution in [0.25, 0.3) is 0 Å². The summed E-state index contributed by atoms with van der Waals surface area (Å²) in [7, 11) is 1.95. The maximum absolute atomic E-state index is 5.62. The van der Waals surface area contributed by atoms with Crippen LogP contribution in [0.3, 0.4) is 0 Å². The number of aromatic nitrogens is 1. The van der Waals surface area contributed by atoms with Gasteiger partial charge in [0.2, 0.25) is 0 Å². The van der Waals surface area contributed by atoms with Crippen LogP contribution in [0, 0.1) is 6.92 Å². The molecule has 0 aliphatic rings. The van der Waals surface area contributed by atoms with Crippen molar-refractivity contribution in [3.63, 3.8) is 0 Å². The summed E-state index contributed by atoms with van der Waals surface area (Å²) < 4.78 is 5.62. The minimum absolute atomic E-state index is 0.246. The van der Waals surface area contributed by atoms with E-state index in [4.69, 9.17) is 4.74 Å². The number of ether oxygens (including phenoxy) is 1. The third kappa shape index (κ3) is 3.61. The predicted octanol–water partition coefficient (Wildman–Crippen LogP) is 2.08. The Balaban J connectivity index is 2.70. The van der Waals surface area contributed by atoms with Gasteiger partial charge in [-0.25, -0.2) is 0 Å². The first kappa shape index (κ1) is 12.1. The molecule has 3 heteroatoms. The lowest BCUT2D eigenvalue weighted by Gasteiger charge is -2.19. The molecule has 1 heterocycles. The van der Waals surface area contributed by atoms with Gasteiger partial charge >= 0.3 is 0 Å². The summed E-state index contributed by atoms with van der Waals surface area (Å²) in [6.45, 7) is 6.86. The molecule has 0 saturated carbocycles. The molecule has 0 fully saturated rings. The molecule has 0 radical (unpaired) electrons. The summed E-state index contributed by atoms with van der Waals surface area (Å²) in [6, 6.07) is 2.29. The van der Waals surface area contributed by atoms with Crippen molar-refractivity contribution in [3.05, 3.63) is 29.6 Å². The number of likely N-dealkylation sites (N-methyl/N-ethyl adjacent to an activating group) is 1. The second-order valence-electron chi connectivity index (χ2n) is 3.96. The van der Waals surface area contributed by atoms with Gasteiger partial charge in [-0.1, -0.05) is 0 Å². The molecule has 0 amide bonds. The minimum Gasteiger partial charge on any atom is -0.377 e. The fourth-order valence-corrected chi connectivity index (χ4v) is 1.49. The van der Waals surface area contributed by atoms with Crippen LogP contribution in [0.2, 0.25) is 0 Å². The molecule has 0 aromatic carbocycles. The van der Waals surface area contributed by atoms with E-state index in [1.54, 1.807) is 0 Å². The van der Waals surface area contributed by atoms with Gasteiger partial charge < -0.3 is 10.1 Å². The van der Waals surface area contributed by atoms with Gasteiger partial charge in [0.15, 0.2) is 0 Å². The quantitative estimate of drug-likeness (QED) is 0.804. The average Bonchev–Trinajstić information content (AvgIpc) is 2.21. The van der Waals surface area contributed by atoms with Crippen LogP contribution in [-0.2, 0) is 4.74 Å². The molecule has 1 unspecified atom stereocenters. The van der Waals surface area contributed by atoms with Crippen LogP contribution in [0.15, 0.2) is 18.5 Å². The topological polar surface area (TPSA) is 34.1 Å². The highest BCUT2D eigenvalue weighted by molar-refractivity contribution is 5.25. The first-order valence-corrected chi connectivity index (χ1v) is 5.34. The van der Waals surface area contributed by atoms with Gasteiger partial charge in [-0.05, 0) is 45.0 Å². The molecule has 3 nitrogen and oxygen atoms in total. The molecule has 0 aliphatic carbocycles. The molecule has 1 aromatic heterocycles. The summed E-state index contributed by atoms with van der Waals surface area (Å²) >= 11 is 0. The largest absolute Gasteiger partial charge is 0.377 e. The fourth-order valence-electron chi connectivity index (χ4n) is 1.49. The second-order valence-corrected chi connectivity index (χ2v) is 3.96. The molecule has 1 N–H and O–H groups in total. The van der Waals surface area contributed by atoms with E-state index in [2.05, 4.69) is 17.2 Å². The van der Waals surface area contributed by atoms with Crippen LogP contribution < -0.4 is 5.32 Å². The van der Waals surface area contributed by atoms with Gasteiger partial charge in [0, 0.05) is 12.4 Å². The van der Waals surface area contributed by atoms with Gasteiger partial charge in [-0.3, -0.25) is 4.98 Å². The van der Waals surface area contributed by atoms with E-state index in [1.807, 2.05) is 39.4 Å². The van der Waals surface area contributed by atoms with Gasteiger partial charge in [0.05, 0.1) is 18.8 Å². The van der Waals surface area contributed by atoms with Crippen LogP contribution in [0.1, 0.15) is 31.0 Å². The Morgan fingerprint density at radius 3 is 2.73 bits per heavy atom. The highest BCUT2D eigenvalue weighted by Crippen LogP contribution is 2.16. The number of hydrogen-bond acceptors (Lipinski definition) is 3. The molecule has 0 aliphatic heterocycles. The molecule has 15 heavy (non-hydrogen) atoms. The van der Waals surface area contributed by atoms with Crippen molar-refractivity contribution in [2.45, 2.75) is 32.9 Å². The number of aryl methyl sites for hydroxylation is 1. The molecule has 0 bridgehead atoms. The highest BCUT2D eigenvalue weighted by atomic mass is 16.5. The Morgan fingerprint density at radius 2 is 2.20 bits per heavy atom. The summed E-state index contributed by atoms with van der Waals surface area (Å²) in [5, 5.41) is 3.26. The molecule has 84 valence electrons. The number of rotatable bonds is 5. The summed E-state index contributed by atoms with van der Waals surface area (Å²) in [5.74, 6) is 0. The third-order valence-corrected chi connectivity index (χ3v) is 2.38. The van der Waals surface area contributed by atoms with Gasteiger partial charge in [0.25, 0.3) is 0 Å². The Morgan fingerprint density at radius 1 is 1.47 bits per heavy atom. The van der Waals surface area contributed by atoms with Gasteiger partial charge in [-0.2, -0.15) is 0 Å². The average molecular weight is 208 g/mol. The zero-order valence-corrected chi connectivity index (χ0v) is 9.95. The third-order valence-electron chi connectivity index (χ3n) is 2.38. The Bertz CT molecular complexity index is 299. The lowest BCUT2D eigenvalue weighted by molar-refractivity contribution is 0.0625. The van der Waals surface area contributed by atoms with Crippen molar-refractivity contribution in [3.8, 4) is 0 Å². The summed E-state index contributed by atoms with van der Waals surface area (Å²) in [5.41, 5.74) is 2.46. The zero-order chi connectivity index (χ0) is 11.3. The lowest BCUT2D eigenvalue weighted by atomic mass is 10.0. The molecular weight excluding hydrogens is 188 g/mol. The lowest BCUT2D eigenvalue weighted by Crippen LogP contribution is -2.24.